The van der Waals surface area contributed by atoms with Crippen molar-refractivity contribution in [1.29, 1.82) is 0 Å². The summed E-state index contributed by atoms with van der Waals surface area (Å²) in [5.74, 6) is 0.126. The predicted octanol–water partition coefficient (Wildman–Crippen LogP) is 1.51. The first kappa shape index (κ1) is 15.7. The lowest BCUT2D eigenvalue weighted by Gasteiger charge is -2.26. The topological polar surface area (TPSA) is 41.4 Å². The third kappa shape index (κ3) is 4.06. The molecule has 0 bridgehead atoms. The van der Waals surface area contributed by atoms with Crippen molar-refractivity contribution in [3.8, 4) is 0 Å². The minimum atomic E-state index is -0.121. The van der Waals surface area contributed by atoms with Crippen LogP contribution in [0.25, 0.3) is 0 Å². The van der Waals surface area contributed by atoms with Crippen LogP contribution >= 0.6 is 0 Å². The second-order valence-corrected chi connectivity index (χ2v) is 5.33. The first-order valence-corrected chi connectivity index (χ1v) is 6.81. The highest BCUT2D eigenvalue weighted by molar-refractivity contribution is 5.80. The number of aryl methyl sites for hydroxylation is 2. The number of rotatable bonds is 6. The zero-order chi connectivity index (χ0) is 14.6. The SMILES string of the molecule is CCCn1cc(CN(C)[C@H](C)C(=O)N(C)C)c(C)n1. The molecule has 0 aliphatic heterocycles. The quantitative estimate of drug-likeness (QED) is 0.784. The van der Waals surface area contributed by atoms with Gasteiger partial charge in [-0.1, -0.05) is 6.92 Å². The Morgan fingerprint density at radius 1 is 1.42 bits per heavy atom. The fraction of sp³-hybridized carbons (Fsp3) is 0.714. The number of hydrogen-bond donors (Lipinski definition) is 0. The van der Waals surface area contributed by atoms with Gasteiger partial charge in [-0.2, -0.15) is 5.10 Å². The molecule has 5 heteroatoms. The third-order valence-corrected chi connectivity index (χ3v) is 3.38. The van der Waals surface area contributed by atoms with E-state index in [1.165, 1.54) is 5.56 Å². The van der Waals surface area contributed by atoms with Gasteiger partial charge in [0, 0.05) is 38.9 Å². The average molecular weight is 266 g/mol. The Morgan fingerprint density at radius 3 is 2.58 bits per heavy atom. The van der Waals surface area contributed by atoms with Gasteiger partial charge in [0.15, 0.2) is 0 Å². The summed E-state index contributed by atoms with van der Waals surface area (Å²) in [6.45, 7) is 7.79. The molecule has 5 nitrogen and oxygen atoms in total. The molecule has 0 aliphatic rings. The highest BCUT2D eigenvalue weighted by Crippen LogP contribution is 2.11. The molecule has 0 saturated carbocycles. The van der Waals surface area contributed by atoms with Crippen molar-refractivity contribution in [3.05, 3.63) is 17.5 Å². The standard InChI is InChI=1S/C14H26N4O/c1-7-8-18-10-13(11(2)15-18)9-17(6)12(3)14(19)16(4)5/h10,12H,7-9H2,1-6H3/t12-/m1/s1. The van der Waals surface area contributed by atoms with Crippen molar-refractivity contribution in [3.63, 3.8) is 0 Å². The summed E-state index contributed by atoms with van der Waals surface area (Å²) in [5, 5.41) is 4.49. The van der Waals surface area contributed by atoms with Gasteiger partial charge < -0.3 is 4.90 Å². The van der Waals surface area contributed by atoms with Gasteiger partial charge >= 0.3 is 0 Å². The molecule has 0 aromatic carbocycles. The van der Waals surface area contributed by atoms with Crippen LogP contribution in [0.15, 0.2) is 6.20 Å². The van der Waals surface area contributed by atoms with E-state index in [0.29, 0.717) is 0 Å². The third-order valence-electron chi connectivity index (χ3n) is 3.38. The first-order valence-electron chi connectivity index (χ1n) is 6.81. The molecule has 1 amide bonds. The van der Waals surface area contributed by atoms with Crippen molar-refractivity contribution in [2.75, 3.05) is 21.1 Å². The Balaban J connectivity index is 2.71. The zero-order valence-electron chi connectivity index (χ0n) is 13.0. The molecule has 0 fully saturated rings. The van der Waals surface area contributed by atoms with E-state index in [1.54, 1.807) is 19.0 Å². The number of hydrogen-bond acceptors (Lipinski definition) is 3. The summed E-state index contributed by atoms with van der Waals surface area (Å²) in [7, 11) is 5.55. The molecule has 19 heavy (non-hydrogen) atoms. The number of aromatic nitrogens is 2. The van der Waals surface area contributed by atoms with E-state index in [9.17, 15) is 4.79 Å². The summed E-state index contributed by atoms with van der Waals surface area (Å²) in [5.41, 5.74) is 2.24. The van der Waals surface area contributed by atoms with Gasteiger partial charge in [-0.15, -0.1) is 0 Å². The molecule has 0 N–H and O–H groups in total. The normalized spacial score (nSPS) is 12.8. The molecule has 1 aromatic heterocycles. The lowest BCUT2D eigenvalue weighted by molar-refractivity contribution is -0.133. The molecule has 0 unspecified atom stereocenters. The Labute approximate surface area is 116 Å². The Hall–Kier alpha value is -1.36. The van der Waals surface area contributed by atoms with Crippen LogP contribution < -0.4 is 0 Å². The van der Waals surface area contributed by atoms with E-state index in [-0.39, 0.29) is 11.9 Å². The largest absolute Gasteiger partial charge is 0.347 e. The molecule has 1 heterocycles. The van der Waals surface area contributed by atoms with Crippen molar-refractivity contribution in [2.24, 2.45) is 0 Å². The summed E-state index contributed by atoms with van der Waals surface area (Å²) in [4.78, 5) is 15.6. The lowest BCUT2D eigenvalue weighted by Crippen LogP contribution is -2.42. The molecular formula is C14H26N4O. The van der Waals surface area contributed by atoms with E-state index in [0.717, 1.165) is 25.2 Å². The van der Waals surface area contributed by atoms with Crippen LogP contribution in [0, 0.1) is 6.92 Å². The molecular weight excluding hydrogens is 240 g/mol. The van der Waals surface area contributed by atoms with Crippen LogP contribution in [-0.4, -0.2) is 52.7 Å². The maximum Gasteiger partial charge on any atom is 0.239 e. The van der Waals surface area contributed by atoms with E-state index in [4.69, 9.17) is 0 Å². The summed E-state index contributed by atoms with van der Waals surface area (Å²) in [6.07, 6.45) is 3.16. The van der Waals surface area contributed by atoms with Crippen LogP contribution in [0.5, 0.6) is 0 Å². The van der Waals surface area contributed by atoms with E-state index >= 15 is 0 Å². The second kappa shape index (κ2) is 6.70. The number of nitrogens with zero attached hydrogens (tertiary/aromatic N) is 4. The molecule has 0 aliphatic carbocycles. The van der Waals surface area contributed by atoms with Crippen molar-refractivity contribution >= 4 is 5.91 Å². The van der Waals surface area contributed by atoms with Crippen molar-refractivity contribution in [2.45, 2.75) is 46.3 Å². The number of likely N-dealkylation sites (N-methyl/N-ethyl adjacent to an activating group) is 2. The second-order valence-electron chi connectivity index (χ2n) is 5.33. The van der Waals surface area contributed by atoms with E-state index in [1.807, 2.05) is 25.6 Å². The van der Waals surface area contributed by atoms with E-state index in [2.05, 4.69) is 23.1 Å². The minimum Gasteiger partial charge on any atom is -0.347 e. The maximum atomic E-state index is 11.9. The van der Waals surface area contributed by atoms with Crippen LogP contribution in [0.1, 0.15) is 31.5 Å². The number of amides is 1. The Bertz CT molecular complexity index is 425. The highest BCUT2D eigenvalue weighted by Gasteiger charge is 2.20. The summed E-state index contributed by atoms with van der Waals surface area (Å²) >= 11 is 0. The summed E-state index contributed by atoms with van der Waals surface area (Å²) < 4.78 is 1.98. The molecule has 1 rings (SSSR count). The van der Waals surface area contributed by atoms with Crippen LogP contribution in [0.3, 0.4) is 0 Å². The number of carbonyl (C=O) groups excluding carboxylic acids is 1. The zero-order valence-corrected chi connectivity index (χ0v) is 13.0. The lowest BCUT2D eigenvalue weighted by atomic mass is 10.2. The summed E-state index contributed by atoms with van der Waals surface area (Å²) in [6, 6.07) is -0.121. The molecule has 1 atom stereocenters. The first-order chi connectivity index (χ1) is 8.86. The van der Waals surface area contributed by atoms with Gasteiger partial charge in [0.2, 0.25) is 5.91 Å². The number of carbonyl (C=O) groups is 1. The van der Waals surface area contributed by atoms with Gasteiger partial charge in [0.1, 0.15) is 0 Å². The van der Waals surface area contributed by atoms with Crippen LogP contribution in [-0.2, 0) is 17.9 Å². The van der Waals surface area contributed by atoms with Crippen molar-refractivity contribution < 1.29 is 4.79 Å². The monoisotopic (exact) mass is 266 g/mol. The molecule has 0 radical (unpaired) electrons. The average Bonchev–Trinajstić information content (AvgIpc) is 2.68. The molecule has 108 valence electrons. The predicted molar refractivity (Wildman–Crippen MR) is 76.9 cm³/mol. The fourth-order valence-corrected chi connectivity index (χ4v) is 2.03. The molecule has 1 aromatic rings. The van der Waals surface area contributed by atoms with Gasteiger partial charge in [0.25, 0.3) is 0 Å². The molecule has 0 spiro atoms. The highest BCUT2D eigenvalue weighted by atomic mass is 16.2. The van der Waals surface area contributed by atoms with E-state index < -0.39 is 0 Å². The smallest absolute Gasteiger partial charge is 0.239 e. The van der Waals surface area contributed by atoms with Crippen LogP contribution in [0.2, 0.25) is 0 Å². The van der Waals surface area contributed by atoms with Gasteiger partial charge in [0.05, 0.1) is 11.7 Å². The van der Waals surface area contributed by atoms with Gasteiger partial charge in [-0.3, -0.25) is 14.4 Å². The molecule has 0 saturated heterocycles. The fourth-order valence-electron chi connectivity index (χ4n) is 2.03. The van der Waals surface area contributed by atoms with Gasteiger partial charge in [-0.25, -0.2) is 0 Å². The Kier molecular flexibility index (Phi) is 5.54. The minimum absolute atomic E-state index is 0.121. The van der Waals surface area contributed by atoms with Gasteiger partial charge in [-0.05, 0) is 27.3 Å². The van der Waals surface area contributed by atoms with Crippen molar-refractivity contribution in [1.82, 2.24) is 19.6 Å². The van der Waals surface area contributed by atoms with Crippen LogP contribution in [0.4, 0.5) is 0 Å². The maximum absolute atomic E-state index is 11.9. The Morgan fingerprint density at radius 2 is 2.05 bits per heavy atom.